The Hall–Kier alpha value is -0.0800. The lowest BCUT2D eigenvalue weighted by molar-refractivity contribution is 0.00128. The monoisotopic (exact) mass is 128 g/mol. The first-order valence-corrected chi connectivity index (χ1v) is 3.45. The van der Waals surface area contributed by atoms with E-state index >= 15 is 0 Å². The lowest BCUT2D eigenvalue weighted by Gasteiger charge is -2.20. The number of nitrogens with zero attached hydrogens (tertiary/aromatic N) is 1. The Labute approximate surface area is 56.8 Å². The Morgan fingerprint density at radius 1 is 1.78 bits per heavy atom. The molecular formula is C7H14NO. The third kappa shape index (κ3) is 1.66. The van der Waals surface area contributed by atoms with Gasteiger partial charge in [-0.05, 0) is 26.8 Å². The summed E-state index contributed by atoms with van der Waals surface area (Å²) in [5, 5.41) is 0. The summed E-state index contributed by atoms with van der Waals surface area (Å²) in [6.45, 7) is 5.54. The first-order valence-electron chi connectivity index (χ1n) is 3.45. The van der Waals surface area contributed by atoms with Gasteiger partial charge in [0.15, 0.2) is 0 Å². The van der Waals surface area contributed by atoms with Gasteiger partial charge in [0.25, 0.3) is 0 Å². The molecule has 1 radical (unpaired) electrons. The molecule has 53 valence electrons. The number of ether oxygens (including phenoxy) is 1. The highest BCUT2D eigenvalue weighted by molar-refractivity contribution is 4.64. The lowest BCUT2D eigenvalue weighted by Crippen LogP contribution is -2.30. The number of hydrogen-bond donors (Lipinski definition) is 0. The molecule has 2 nitrogen and oxygen atoms in total. The van der Waals surface area contributed by atoms with Gasteiger partial charge in [-0.25, -0.2) is 0 Å². The van der Waals surface area contributed by atoms with E-state index in [1.165, 1.54) is 12.8 Å². The zero-order valence-corrected chi connectivity index (χ0v) is 5.97. The van der Waals surface area contributed by atoms with Crippen molar-refractivity contribution in [2.45, 2.75) is 19.1 Å². The molecule has 1 atom stereocenters. The molecule has 0 spiro atoms. The standard InChI is InChI=1S/C7H14NO/c1-3-8(2)7-5-4-6-9-7/h7H,1,3-6H2,2H3. The molecule has 0 saturated carbocycles. The molecule has 1 fully saturated rings. The molecule has 1 rings (SSSR count). The molecule has 0 aliphatic carbocycles. The molecule has 1 aliphatic heterocycles. The van der Waals surface area contributed by atoms with Gasteiger partial charge in [-0.3, -0.25) is 4.90 Å². The summed E-state index contributed by atoms with van der Waals surface area (Å²) in [6.07, 6.45) is 2.73. The summed E-state index contributed by atoms with van der Waals surface area (Å²) in [5.74, 6) is 0. The van der Waals surface area contributed by atoms with E-state index in [1.54, 1.807) is 0 Å². The van der Waals surface area contributed by atoms with Gasteiger partial charge in [-0.2, -0.15) is 0 Å². The molecule has 0 N–H and O–H groups in total. The van der Waals surface area contributed by atoms with Crippen molar-refractivity contribution in [1.29, 1.82) is 0 Å². The summed E-state index contributed by atoms with van der Waals surface area (Å²) in [4.78, 5) is 2.13. The van der Waals surface area contributed by atoms with Crippen LogP contribution in [0.2, 0.25) is 0 Å². The van der Waals surface area contributed by atoms with Crippen LogP contribution in [0.5, 0.6) is 0 Å². The van der Waals surface area contributed by atoms with Crippen molar-refractivity contribution in [3.05, 3.63) is 6.92 Å². The Kier molecular flexibility index (Phi) is 2.49. The van der Waals surface area contributed by atoms with Gasteiger partial charge in [0.2, 0.25) is 0 Å². The fraction of sp³-hybridized carbons (Fsp3) is 0.857. The predicted octanol–water partition coefficient (Wildman–Crippen LogP) is 0.889. The average Bonchev–Trinajstić information content (AvgIpc) is 2.37. The quantitative estimate of drug-likeness (QED) is 0.547. The highest BCUT2D eigenvalue weighted by Gasteiger charge is 2.17. The van der Waals surface area contributed by atoms with E-state index in [2.05, 4.69) is 11.8 Å². The first kappa shape index (κ1) is 7.03. The topological polar surface area (TPSA) is 12.5 Å². The second-order valence-corrected chi connectivity index (χ2v) is 2.45. The van der Waals surface area contributed by atoms with Crippen molar-refractivity contribution in [2.75, 3.05) is 20.2 Å². The highest BCUT2D eigenvalue weighted by atomic mass is 16.5. The molecule has 2 heteroatoms. The summed E-state index contributed by atoms with van der Waals surface area (Å²) in [7, 11) is 2.04. The molecular weight excluding hydrogens is 114 g/mol. The molecule has 1 heterocycles. The Bertz CT molecular complexity index is 79.0. The first-order chi connectivity index (χ1) is 4.34. The zero-order chi connectivity index (χ0) is 6.69. The van der Waals surface area contributed by atoms with Crippen LogP contribution in [-0.4, -0.2) is 31.3 Å². The maximum atomic E-state index is 5.39. The molecule has 0 bridgehead atoms. The number of rotatable bonds is 2. The number of hydrogen-bond acceptors (Lipinski definition) is 2. The van der Waals surface area contributed by atoms with Crippen LogP contribution >= 0.6 is 0 Å². The van der Waals surface area contributed by atoms with Gasteiger partial charge in [-0.1, -0.05) is 0 Å². The van der Waals surface area contributed by atoms with Crippen LogP contribution in [0.1, 0.15) is 12.8 Å². The van der Waals surface area contributed by atoms with Gasteiger partial charge in [0.1, 0.15) is 6.23 Å². The van der Waals surface area contributed by atoms with Crippen LogP contribution in [0.3, 0.4) is 0 Å². The van der Waals surface area contributed by atoms with Gasteiger partial charge in [-0.15, -0.1) is 0 Å². The summed E-state index contributed by atoms with van der Waals surface area (Å²) >= 11 is 0. The molecule has 9 heavy (non-hydrogen) atoms. The van der Waals surface area contributed by atoms with Crippen molar-refractivity contribution in [2.24, 2.45) is 0 Å². The van der Waals surface area contributed by atoms with E-state index in [0.29, 0.717) is 6.23 Å². The third-order valence-corrected chi connectivity index (χ3v) is 1.75. The minimum Gasteiger partial charge on any atom is -0.363 e. The zero-order valence-electron chi connectivity index (χ0n) is 5.97. The Morgan fingerprint density at radius 3 is 3.00 bits per heavy atom. The van der Waals surface area contributed by atoms with Gasteiger partial charge in [0, 0.05) is 13.2 Å². The van der Waals surface area contributed by atoms with Gasteiger partial charge >= 0.3 is 0 Å². The van der Waals surface area contributed by atoms with Gasteiger partial charge < -0.3 is 4.74 Å². The maximum absolute atomic E-state index is 5.39. The molecule has 0 amide bonds. The smallest absolute Gasteiger partial charge is 0.110 e. The Morgan fingerprint density at radius 2 is 2.56 bits per heavy atom. The third-order valence-electron chi connectivity index (χ3n) is 1.75. The maximum Gasteiger partial charge on any atom is 0.110 e. The fourth-order valence-electron chi connectivity index (χ4n) is 1.05. The van der Waals surface area contributed by atoms with Crippen LogP contribution in [0.25, 0.3) is 0 Å². The van der Waals surface area contributed by atoms with Gasteiger partial charge in [0.05, 0.1) is 0 Å². The summed E-state index contributed by atoms with van der Waals surface area (Å²) in [5.41, 5.74) is 0. The van der Waals surface area contributed by atoms with Crippen molar-refractivity contribution >= 4 is 0 Å². The van der Waals surface area contributed by atoms with Crippen molar-refractivity contribution in [3.63, 3.8) is 0 Å². The highest BCUT2D eigenvalue weighted by Crippen LogP contribution is 2.13. The van der Waals surface area contributed by atoms with E-state index in [1.807, 2.05) is 7.05 Å². The molecule has 1 aliphatic rings. The largest absolute Gasteiger partial charge is 0.363 e. The van der Waals surface area contributed by atoms with Crippen molar-refractivity contribution in [3.8, 4) is 0 Å². The van der Waals surface area contributed by atoms with E-state index in [-0.39, 0.29) is 0 Å². The molecule has 1 saturated heterocycles. The predicted molar refractivity (Wildman–Crippen MR) is 37.0 cm³/mol. The van der Waals surface area contributed by atoms with E-state index in [9.17, 15) is 0 Å². The van der Waals surface area contributed by atoms with Crippen LogP contribution in [-0.2, 0) is 4.74 Å². The minimum absolute atomic E-state index is 0.350. The molecule has 0 aromatic rings. The van der Waals surface area contributed by atoms with Crippen LogP contribution in [0.15, 0.2) is 0 Å². The minimum atomic E-state index is 0.350. The fourth-order valence-corrected chi connectivity index (χ4v) is 1.05. The second kappa shape index (κ2) is 3.18. The molecule has 0 aromatic heterocycles. The average molecular weight is 128 g/mol. The summed E-state index contributed by atoms with van der Waals surface area (Å²) in [6, 6.07) is 0. The van der Waals surface area contributed by atoms with Crippen molar-refractivity contribution < 1.29 is 4.74 Å². The Balaban J connectivity index is 2.24. The van der Waals surface area contributed by atoms with Crippen LogP contribution in [0.4, 0.5) is 0 Å². The molecule has 0 aromatic carbocycles. The normalized spacial score (nSPS) is 27.7. The summed E-state index contributed by atoms with van der Waals surface area (Å²) < 4.78 is 5.39. The van der Waals surface area contributed by atoms with E-state index in [4.69, 9.17) is 4.74 Å². The van der Waals surface area contributed by atoms with Crippen LogP contribution < -0.4 is 0 Å². The van der Waals surface area contributed by atoms with Crippen molar-refractivity contribution in [1.82, 2.24) is 4.90 Å². The SMILES string of the molecule is [CH2]CN(C)C1CCCO1. The lowest BCUT2D eigenvalue weighted by atomic mass is 10.3. The second-order valence-electron chi connectivity index (χ2n) is 2.45. The molecule has 1 unspecified atom stereocenters. The van der Waals surface area contributed by atoms with E-state index in [0.717, 1.165) is 13.2 Å². The van der Waals surface area contributed by atoms with E-state index < -0.39 is 0 Å². The van der Waals surface area contributed by atoms with Crippen LogP contribution in [0, 0.1) is 6.92 Å².